The molecule has 14 heteroatoms. The molecule has 1 aliphatic rings. The normalized spacial score (nSPS) is 16.8. The predicted octanol–water partition coefficient (Wildman–Crippen LogP) is 2.44. The van der Waals surface area contributed by atoms with E-state index in [4.69, 9.17) is 4.74 Å². The average Bonchev–Trinajstić information content (AvgIpc) is 3.41. The largest absolute Gasteiger partial charge is 0.459 e. The molecule has 1 aliphatic heterocycles. The van der Waals surface area contributed by atoms with Gasteiger partial charge in [0.05, 0.1) is 32.7 Å². The first kappa shape index (κ1) is 39.1. The molecule has 0 aliphatic carbocycles. The van der Waals surface area contributed by atoms with Gasteiger partial charge in [0.2, 0.25) is 0 Å². The molecule has 0 amide bonds. The fraction of sp³-hybridized carbons (Fsp3) is 0.781. The van der Waals surface area contributed by atoms with E-state index >= 15 is 0 Å². The number of aromatic nitrogens is 2. The maximum Gasteiger partial charge on any atom is 0.434 e. The number of carbonyl (C=O) groups excluding carboxylic acids is 4. The van der Waals surface area contributed by atoms with Crippen molar-refractivity contribution >= 4 is 29.3 Å². The van der Waals surface area contributed by atoms with Crippen molar-refractivity contribution in [2.75, 3.05) is 78.5 Å². The molecule has 1 aromatic rings. The lowest BCUT2D eigenvalue weighted by molar-refractivity contribution is -0.396. The fourth-order valence-corrected chi connectivity index (χ4v) is 5.51. The monoisotopic (exact) mass is 649 g/mol. The topological polar surface area (TPSA) is 151 Å². The summed E-state index contributed by atoms with van der Waals surface area (Å²) in [4.78, 5) is 72.3. The highest BCUT2D eigenvalue weighted by Gasteiger charge is 2.23. The average molecular weight is 650 g/mol. The first-order valence-corrected chi connectivity index (χ1v) is 16.5. The molecule has 0 bridgehead atoms. The van der Waals surface area contributed by atoms with E-state index in [1.807, 2.05) is 25.7 Å². The molecule has 1 saturated heterocycles. The van der Waals surface area contributed by atoms with Gasteiger partial charge in [0.25, 0.3) is 0 Å². The molecule has 0 atom stereocenters. The summed E-state index contributed by atoms with van der Waals surface area (Å²) in [5.74, 6) is -0.157. The van der Waals surface area contributed by atoms with Crippen molar-refractivity contribution in [1.82, 2.24) is 29.2 Å². The molecule has 260 valence electrons. The Morgan fingerprint density at radius 3 is 1.70 bits per heavy atom. The Morgan fingerprint density at radius 2 is 1.22 bits per heavy atom. The zero-order valence-corrected chi connectivity index (χ0v) is 28.6. The number of hydrogen-bond donors (Lipinski definition) is 0. The van der Waals surface area contributed by atoms with Crippen LogP contribution >= 0.6 is 0 Å². The molecule has 0 radical (unpaired) electrons. The van der Waals surface area contributed by atoms with Gasteiger partial charge in [-0.2, -0.15) is 0 Å². The number of aryl methyl sites for hydroxylation is 1. The van der Waals surface area contributed by atoms with Crippen LogP contribution in [0.1, 0.15) is 73.1 Å². The van der Waals surface area contributed by atoms with E-state index in [2.05, 4.69) is 19.7 Å². The Bertz CT molecular complexity index is 1130. The molecular weight excluding hydrogens is 594 g/mol. The van der Waals surface area contributed by atoms with E-state index in [0.29, 0.717) is 85.0 Å². The molecule has 1 fully saturated rings. The lowest BCUT2D eigenvalue weighted by atomic mass is 10.1. The third kappa shape index (κ3) is 17.0. The zero-order valence-electron chi connectivity index (χ0n) is 28.6. The van der Waals surface area contributed by atoms with Crippen LogP contribution in [0.25, 0.3) is 0 Å². The predicted molar refractivity (Wildman–Crippen MR) is 175 cm³/mol. The first-order valence-electron chi connectivity index (χ1n) is 16.5. The Balaban J connectivity index is 1.94. The minimum Gasteiger partial charge on any atom is -0.459 e. The Hall–Kier alpha value is -3.07. The number of nitro groups is 1. The maximum atomic E-state index is 13.0. The highest BCUT2D eigenvalue weighted by Crippen LogP contribution is 2.12. The van der Waals surface area contributed by atoms with Crippen molar-refractivity contribution in [3.8, 4) is 0 Å². The first-order chi connectivity index (χ1) is 21.7. The van der Waals surface area contributed by atoms with Gasteiger partial charge in [-0.15, -0.1) is 0 Å². The van der Waals surface area contributed by atoms with Crippen molar-refractivity contribution < 1.29 is 28.8 Å². The smallest absolute Gasteiger partial charge is 0.434 e. The SMILES string of the molecule is CC(=O)CN1CCN(CC(C)=O)CCN(CC(=O)OC(C)(C)C)CCN(CC(=O)CCCCCCCn2ccnc2[N+](=O)[O-])CC1. The summed E-state index contributed by atoms with van der Waals surface area (Å²) in [6.07, 6.45) is 7.89. The van der Waals surface area contributed by atoms with Crippen LogP contribution in [0.15, 0.2) is 12.4 Å². The van der Waals surface area contributed by atoms with E-state index in [1.54, 1.807) is 24.6 Å². The number of ether oxygens (including phenoxy) is 1. The summed E-state index contributed by atoms with van der Waals surface area (Å²) < 4.78 is 7.12. The number of carbonyl (C=O) groups is 4. The third-order valence-corrected chi connectivity index (χ3v) is 7.71. The summed E-state index contributed by atoms with van der Waals surface area (Å²) in [5, 5.41) is 11.0. The number of nitrogens with zero attached hydrogens (tertiary/aromatic N) is 7. The lowest BCUT2D eigenvalue weighted by Crippen LogP contribution is -2.49. The molecule has 0 saturated carbocycles. The highest BCUT2D eigenvalue weighted by atomic mass is 16.6. The van der Waals surface area contributed by atoms with Crippen molar-refractivity contribution in [1.29, 1.82) is 0 Å². The summed E-state index contributed by atoms with van der Waals surface area (Å²) in [5.41, 5.74) is -0.594. The lowest BCUT2D eigenvalue weighted by Gasteiger charge is -2.33. The van der Waals surface area contributed by atoms with Gasteiger partial charge >= 0.3 is 11.9 Å². The summed E-state index contributed by atoms with van der Waals surface area (Å²) in [7, 11) is 0. The van der Waals surface area contributed by atoms with E-state index in [0.717, 1.165) is 32.1 Å². The minimum atomic E-state index is -0.594. The second-order valence-corrected chi connectivity index (χ2v) is 13.3. The van der Waals surface area contributed by atoms with Gasteiger partial charge < -0.3 is 14.9 Å². The number of Topliss-reactive ketones (excluding diaryl/α,β-unsaturated/α-hetero) is 3. The molecule has 14 nitrogen and oxygen atoms in total. The minimum absolute atomic E-state index is 0.0642. The zero-order chi connectivity index (χ0) is 34.1. The standard InChI is InChI=1S/C32H55N7O7/c1-27(40)23-34-15-16-35(24-28(2)41)18-21-37(26-30(43)46-32(3,4)5)22-20-36(19-17-34)25-29(42)11-9-7-6-8-10-13-38-14-12-33-31(38)39(44)45/h12,14H,6-11,13,15-26H2,1-5H3. The van der Waals surface area contributed by atoms with E-state index in [1.165, 1.54) is 6.20 Å². The highest BCUT2D eigenvalue weighted by molar-refractivity contribution is 5.80. The van der Waals surface area contributed by atoms with Crippen molar-refractivity contribution in [2.45, 2.75) is 85.3 Å². The molecule has 46 heavy (non-hydrogen) atoms. The van der Waals surface area contributed by atoms with Crippen LogP contribution in [0.2, 0.25) is 0 Å². The molecule has 0 N–H and O–H groups in total. The molecule has 0 aromatic carbocycles. The van der Waals surface area contributed by atoms with E-state index in [-0.39, 0.29) is 35.8 Å². The van der Waals surface area contributed by atoms with Crippen LogP contribution in [-0.2, 0) is 30.5 Å². The van der Waals surface area contributed by atoms with Gasteiger partial charge in [0.15, 0.2) is 0 Å². The number of ketones is 3. The van der Waals surface area contributed by atoms with Crippen LogP contribution in [0.3, 0.4) is 0 Å². The van der Waals surface area contributed by atoms with Gasteiger partial charge in [0.1, 0.15) is 35.3 Å². The van der Waals surface area contributed by atoms with Gasteiger partial charge in [-0.25, -0.2) is 4.57 Å². The summed E-state index contributed by atoms with van der Waals surface area (Å²) >= 11 is 0. The number of imidazole rings is 1. The molecule has 0 unspecified atom stereocenters. The quantitative estimate of drug-likeness (QED) is 0.106. The van der Waals surface area contributed by atoms with Crippen LogP contribution in [0.5, 0.6) is 0 Å². The van der Waals surface area contributed by atoms with Gasteiger partial charge in [-0.05, 0) is 52.4 Å². The molecule has 2 rings (SSSR count). The van der Waals surface area contributed by atoms with Gasteiger partial charge in [-0.1, -0.05) is 24.2 Å². The van der Waals surface area contributed by atoms with Crippen LogP contribution in [0, 0.1) is 10.1 Å². The Kier molecular flexibility index (Phi) is 17.2. The molecular formula is C32H55N7O7. The second kappa shape index (κ2) is 20.2. The molecule has 1 aromatic heterocycles. The maximum absolute atomic E-state index is 13.0. The summed E-state index contributed by atoms with van der Waals surface area (Å²) in [6, 6.07) is 0. The second-order valence-electron chi connectivity index (χ2n) is 13.3. The van der Waals surface area contributed by atoms with Crippen LogP contribution in [-0.4, -0.2) is 142 Å². The molecule has 2 heterocycles. The van der Waals surface area contributed by atoms with Crippen LogP contribution < -0.4 is 0 Å². The number of esters is 1. The van der Waals surface area contributed by atoms with E-state index < -0.39 is 10.5 Å². The van der Waals surface area contributed by atoms with Crippen molar-refractivity contribution in [2.24, 2.45) is 0 Å². The Labute approximate surface area is 273 Å². The Morgan fingerprint density at radius 1 is 0.761 bits per heavy atom. The van der Waals surface area contributed by atoms with Crippen LogP contribution in [0.4, 0.5) is 5.95 Å². The van der Waals surface area contributed by atoms with Gasteiger partial charge in [0, 0.05) is 58.8 Å². The van der Waals surface area contributed by atoms with Crippen molar-refractivity contribution in [3.05, 3.63) is 22.5 Å². The third-order valence-electron chi connectivity index (χ3n) is 7.71. The number of rotatable bonds is 17. The molecule has 0 spiro atoms. The number of hydrogen-bond acceptors (Lipinski definition) is 12. The fourth-order valence-electron chi connectivity index (χ4n) is 5.51. The summed E-state index contributed by atoms with van der Waals surface area (Å²) in [6.45, 7) is 15.0. The number of unbranched alkanes of at least 4 members (excludes halogenated alkanes) is 4. The van der Waals surface area contributed by atoms with E-state index in [9.17, 15) is 29.3 Å². The van der Waals surface area contributed by atoms with Crippen molar-refractivity contribution in [3.63, 3.8) is 0 Å². The van der Waals surface area contributed by atoms with Gasteiger partial charge in [-0.3, -0.25) is 38.8 Å².